The fourth-order valence-corrected chi connectivity index (χ4v) is 0.810. The van der Waals surface area contributed by atoms with E-state index in [0.717, 1.165) is 0 Å². The van der Waals surface area contributed by atoms with E-state index in [9.17, 15) is 9.59 Å². The van der Waals surface area contributed by atoms with Gasteiger partial charge in [0.1, 0.15) is 0 Å². The van der Waals surface area contributed by atoms with E-state index in [0.29, 0.717) is 26.1 Å². The average molecular weight is 226 g/mol. The molecule has 0 aromatic heterocycles. The van der Waals surface area contributed by atoms with Gasteiger partial charge in [-0.1, -0.05) is 27.0 Å². The highest BCUT2D eigenvalue weighted by Crippen LogP contribution is 2.09. The molecule has 0 saturated heterocycles. The Balaban J connectivity index is 4.21. The Morgan fingerprint density at radius 1 is 0.875 bits per heavy atom. The molecule has 4 nitrogen and oxygen atoms in total. The zero-order valence-electron chi connectivity index (χ0n) is 9.88. The molecule has 90 valence electrons. The predicted molar refractivity (Wildman–Crippen MR) is 60.8 cm³/mol. The molecular weight excluding hydrogens is 208 g/mol. The van der Waals surface area contributed by atoms with Gasteiger partial charge in [-0.25, -0.2) is 9.59 Å². The van der Waals surface area contributed by atoms with Crippen LogP contribution in [0, 0.1) is 0 Å². The van der Waals surface area contributed by atoms with Crippen molar-refractivity contribution < 1.29 is 19.1 Å². The van der Waals surface area contributed by atoms with Crippen LogP contribution in [0.15, 0.2) is 24.3 Å². The van der Waals surface area contributed by atoms with Crippen LogP contribution < -0.4 is 0 Å². The van der Waals surface area contributed by atoms with Gasteiger partial charge in [0.2, 0.25) is 0 Å². The van der Waals surface area contributed by atoms with Gasteiger partial charge in [-0.2, -0.15) is 0 Å². The average Bonchev–Trinajstić information content (AvgIpc) is 2.30. The fraction of sp³-hybridized carbons (Fsp3) is 0.500. The first-order valence-electron chi connectivity index (χ1n) is 5.27. The summed E-state index contributed by atoms with van der Waals surface area (Å²) in [6, 6.07) is 0. The molecule has 0 atom stereocenters. The lowest BCUT2D eigenvalue weighted by atomic mass is 10.1. The molecule has 0 spiro atoms. The van der Waals surface area contributed by atoms with Gasteiger partial charge in [0.05, 0.1) is 24.4 Å². The molecule has 4 heteroatoms. The van der Waals surface area contributed by atoms with Crippen molar-refractivity contribution in [3.63, 3.8) is 0 Å². The van der Waals surface area contributed by atoms with Crippen LogP contribution in [0.5, 0.6) is 0 Å². The first kappa shape index (κ1) is 14.4. The molecular formula is C12H18O4. The number of hydrogen-bond acceptors (Lipinski definition) is 4. The summed E-state index contributed by atoms with van der Waals surface area (Å²) in [6.45, 7) is 11.3. The van der Waals surface area contributed by atoms with Crippen molar-refractivity contribution in [1.29, 1.82) is 0 Å². The van der Waals surface area contributed by atoms with Crippen LogP contribution in [0.2, 0.25) is 0 Å². The standard InChI is InChI=1S/C12H18O4/c1-5-7-15-11(13)9(3)10(4)12(14)16-8-6-2/h3-8H2,1-2H3. The number of rotatable bonds is 7. The number of ether oxygens (including phenoxy) is 2. The minimum Gasteiger partial charge on any atom is -0.462 e. The third-order valence-electron chi connectivity index (χ3n) is 1.73. The van der Waals surface area contributed by atoms with Crippen molar-refractivity contribution in [1.82, 2.24) is 0 Å². The van der Waals surface area contributed by atoms with Gasteiger partial charge in [-0.15, -0.1) is 0 Å². The molecule has 0 radical (unpaired) electrons. The summed E-state index contributed by atoms with van der Waals surface area (Å²) < 4.78 is 9.64. The Hall–Kier alpha value is -1.58. The summed E-state index contributed by atoms with van der Waals surface area (Å²) in [6.07, 6.45) is 1.43. The quantitative estimate of drug-likeness (QED) is 0.378. The molecule has 0 unspecified atom stereocenters. The van der Waals surface area contributed by atoms with Crippen LogP contribution in [0.1, 0.15) is 26.7 Å². The van der Waals surface area contributed by atoms with Crippen molar-refractivity contribution in [2.24, 2.45) is 0 Å². The first-order valence-corrected chi connectivity index (χ1v) is 5.27. The fourth-order valence-electron chi connectivity index (χ4n) is 0.810. The van der Waals surface area contributed by atoms with Gasteiger partial charge >= 0.3 is 11.9 Å². The monoisotopic (exact) mass is 226 g/mol. The largest absolute Gasteiger partial charge is 0.462 e. The number of carbonyl (C=O) groups excluding carboxylic acids is 2. The summed E-state index contributed by atoms with van der Waals surface area (Å²) in [5, 5.41) is 0. The molecule has 0 heterocycles. The molecule has 0 saturated carbocycles. The van der Waals surface area contributed by atoms with Crippen LogP contribution in [-0.4, -0.2) is 25.2 Å². The molecule has 0 aromatic rings. The Labute approximate surface area is 95.9 Å². The molecule has 0 amide bonds. The second-order valence-corrected chi connectivity index (χ2v) is 3.23. The topological polar surface area (TPSA) is 52.6 Å². The van der Waals surface area contributed by atoms with Gasteiger partial charge in [-0.05, 0) is 12.8 Å². The maximum atomic E-state index is 11.3. The van der Waals surface area contributed by atoms with E-state index in [1.165, 1.54) is 0 Å². The lowest BCUT2D eigenvalue weighted by Gasteiger charge is -2.08. The van der Waals surface area contributed by atoms with E-state index >= 15 is 0 Å². The number of hydrogen-bond donors (Lipinski definition) is 0. The predicted octanol–water partition coefficient (Wildman–Crippen LogP) is 2.01. The van der Waals surface area contributed by atoms with Crippen LogP contribution in [-0.2, 0) is 19.1 Å². The maximum Gasteiger partial charge on any atom is 0.338 e. The Morgan fingerprint density at radius 3 is 1.44 bits per heavy atom. The molecule has 0 aromatic carbocycles. The smallest absolute Gasteiger partial charge is 0.338 e. The van der Waals surface area contributed by atoms with E-state index in [1.807, 2.05) is 13.8 Å². The molecule has 0 rings (SSSR count). The van der Waals surface area contributed by atoms with Crippen molar-refractivity contribution in [3.8, 4) is 0 Å². The van der Waals surface area contributed by atoms with Crippen LogP contribution >= 0.6 is 0 Å². The molecule has 0 N–H and O–H groups in total. The normalized spacial score (nSPS) is 9.38. The lowest BCUT2D eigenvalue weighted by Crippen LogP contribution is -2.16. The summed E-state index contributed by atoms with van der Waals surface area (Å²) in [5.41, 5.74) is -0.0934. The maximum absolute atomic E-state index is 11.3. The van der Waals surface area contributed by atoms with Gasteiger partial charge in [0, 0.05) is 0 Å². The Kier molecular flexibility index (Phi) is 6.92. The molecule has 16 heavy (non-hydrogen) atoms. The van der Waals surface area contributed by atoms with Crippen LogP contribution in [0.4, 0.5) is 0 Å². The lowest BCUT2D eigenvalue weighted by molar-refractivity contribution is -0.142. The summed E-state index contributed by atoms with van der Waals surface area (Å²) in [5.74, 6) is -1.25. The zero-order valence-corrected chi connectivity index (χ0v) is 9.88. The highest BCUT2D eigenvalue weighted by Gasteiger charge is 2.18. The van der Waals surface area contributed by atoms with E-state index in [1.54, 1.807) is 0 Å². The van der Waals surface area contributed by atoms with Gasteiger partial charge < -0.3 is 9.47 Å². The van der Waals surface area contributed by atoms with Gasteiger partial charge in [-0.3, -0.25) is 0 Å². The first-order chi connectivity index (χ1) is 7.54. The second kappa shape index (κ2) is 7.68. The molecule has 0 bridgehead atoms. The Bertz CT molecular complexity index is 261. The van der Waals surface area contributed by atoms with E-state index in [4.69, 9.17) is 9.47 Å². The van der Waals surface area contributed by atoms with E-state index in [-0.39, 0.29) is 11.1 Å². The van der Waals surface area contributed by atoms with Crippen LogP contribution in [0.25, 0.3) is 0 Å². The minimum atomic E-state index is -0.625. The highest BCUT2D eigenvalue weighted by molar-refractivity contribution is 6.06. The van der Waals surface area contributed by atoms with Gasteiger partial charge in [0.25, 0.3) is 0 Å². The Morgan fingerprint density at radius 2 is 1.19 bits per heavy atom. The summed E-state index contributed by atoms with van der Waals surface area (Å²) >= 11 is 0. The van der Waals surface area contributed by atoms with Crippen molar-refractivity contribution in [2.75, 3.05) is 13.2 Å². The minimum absolute atomic E-state index is 0.0467. The number of carbonyl (C=O) groups is 2. The third kappa shape index (κ3) is 4.77. The summed E-state index contributed by atoms with van der Waals surface area (Å²) in [4.78, 5) is 22.7. The number of esters is 2. The van der Waals surface area contributed by atoms with Crippen LogP contribution in [0.3, 0.4) is 0 Å². The van der Waals surface area contributed by atoms with Crippen molar-refractivity contribution >= 4 is 11.9 Å². The highest BCUT2D eigenvalue weighted by atomic mass is 16.5. The van der Waals surface area contributed by atoms with E-state index < -0.39 is 11.9 Å². The molecule has 0 aliphatic rings. The molecule has 0 aliphatic carbocycles. The van der Waals surface area contributed by atoms with Crippen molar-refractivity contribution in [2.45, 2.75) is 26.7 Å². The van der Waals surface area contributed by atoms with Gasteiger partial charge in [0.15, 0.2) is 0 Å². The molecule has 0 aliphatic heterocycles. The SMILES string of the molecule is C=C(C(=C)C(=O)OCCC)C(=O)OCCC. The zero-order chi connectivity index (χ0) is 12.6. The second-order valence-electron chi connectivity index (χ2n) is 3.23. The summed E-state index contributed by atoms with van der Waals surface area (Å²) in [7, 11) is 0. The third-order valence-corrected chi connectivity index (χ3v) is 1.73. The molecule has 0 fully saturated rings. The van der Waals surface area contributed by atoms with Crippen molar-refractivity contribution in [3.05, 3.63) is 24.3 Å². The van der Waals surface area contributed by atoms with E-state index in [2.05, 4.69) is 13.2 Å².